The highest BCUT2D eigenvalue weighted by molar-refractivity contribution is 5.69. The van der Waals surface area contributed by atoms with Crippen molar-refractivity contribution in [3.05, 3.63) is 0 Å². The van der Waals surface area contributed by atoms with Crippen LogP contribution in [0.2, 0.25) is 0 Å². The second-order valence-electron chi connectivity index (χ2n) is 4.56. The minimum absolute atomic E-state index is 0.161. The van der Waals surface area contributed by atoms with Crippen LogP contribution in [-0.2, 0) is 33.3 Å². The number of rotatable bonds is 11. The zero-order valence-electron chi connectivity index (χ0n) is 13.6. The first-order valence-corrected chi connectivity index (χ1v) is 7.06. The third kappa shape index (κ3) is 12.1. The van der Waals surface area contributed by atoms with Crippen molar-refractivity contribution in [2.75, 3.05) is 40.0 Å². The van der Waals surface area contributed by atoms with Gasteiger partial charge < -0.3 is 18.9 Å². The van der Waals surface area contributed by atoms with Gasteiger partial charge in [-0.05, 0) is 6.92 Å². The molecule has 0 spiro atoms. The van der Waals surface area contributed by atoms with Crippen molar-refractivity contribution in [3.8, 4) is 0 Å². The van der Waals surface area contributed by atoms with E-state index in [1.54, 1.807) is 6.92 Å². The van der Waals surface area contributed by atoms with Gasteiger partial charge >= 0.3 is 17.9 Å². The minimum atomic E-state index is -0.594. The average molecular weight is 319 g/mol. The second kappa shape index (κ2) is 11.9. The standard InChI is InChI=1S/C14H25NO7/c1-11(16)20-9-7-15(8-10-21-12(2)17)6-5-14(18)22-13(3)19-4/h13H,5-10H2,1-4H3. The molecule has 0 amide bonds. The first-order valence-electron chi connectivity index (χ1n) is 7.06. The van der Waals surface area contributed by atoms with E-state index in [0.29, 0.717) is 19.6 Å². The first-order chi connectivity index (χ1) is 10.3. The second-order valence-corrected chi connectivity index (χ2v) is 4.56. The number of hydrogen-bond acceptors (Lipinski definition) is 8. The van der Waals surface area contributed by atoms with Crippen LogP contribution in [0.1, 0.15) is 27.2 Å². The maximum atomic E-state index is 11.6. The Morgan fingerprint density at radius 1 is 0.955 bits per heavy atom. The Kier molecular flexibility index (Phi) is 11.0. The average Bonchev–Trinajstić information content (AvgIpc) is 2.43. The van der Waals surface area contributed by atoms with E-state index >= 15 is 0 Å². The Hall–Kier alpha value is -1.67. The van der Waals surface area contributed by atoms with Gasteiger partial charge in [-0.3, -0.25) is 19.3 Å². The number of carbonyl (C=O) groups excluding carboxylic acids is 3. The third-order valence-corrected chi connectivity index (χ3v) is 2.69. The lowest BCUT2D eigenvalue weighted by Gasteiger charge is -2.21. The molecule has 0 saturated heterocycles. The van der Waals surface area contributed by atoms with Gasteiger partial charge in [0.25, 0.3) is 0 Å². The van der Waals surface area contributed by atoms with Crippen LogP contribution < -0.4 is 0 Å². The summed E-state index contributed by atoms with van der Waals surface area (Å²) < 4.78 is 19.5. The van der Waals surface area contributed by atoms with Gasteiger partial charge in [0.15, 0.2) is 6.29 Å². The lowest BCUT2D eigenvalue weighted by molar-refractivity contribution is -0.170. The van der Waals surface area contributed by atoms with Gasteiger partial charge in [-0.15, -0.1) is 0 Å². The summed E-state index contributed by atoms with van der Waals surface area (Å²) in [6.45, 7) is 5.97. The molecule has 0 aromatic rings. The molecule has 0 aliphatic rings. The summed E-state index contributed by atoms with van der Waals surface area (Å²) in [5, 5.41) is 0. The number of carbonyl (C=O) groups is 3. The van der Waals surface area contributed by atoms with E-state index in [-0.39, 0.29) is 37.5 Å². The molecule has 8 heteroatoms. The zero-order chi connectivity index (χ0) is 17.0. The highest BCUT2D eigenvalue weighted by Crippen LogP contribution is 1.99. The Morgan fingerprint density at radius 3 is 1.86 bits per heavy atom. The lowest BCUT2D eigenvalue weighted by atomic mass is 10.3. The normalized spacial score (nSPS) is 11.9. The van der Waals surface area contributed by atoms with E-state index < -0.39 is 6.29 Å². The van der Waals surface area contributed by atoms with E-state index in [9.17, 15) is 14.4 Å². The quantitative estimate of drug-likeness (QED) is 0.306. The fourth-order valence-electron chi connectivity index (χ4n) is 1.51. The molecule has 1 unspecified atom stereocenters. The van der Waals surface area contributed by atoms with Gasteiger partial charge in [-0.25, -0.2) is 0 Å². The highest BCUT2D eigenvalue weighted by Gasteiger charge is 2.12. The first kappa shape index (κ1) is 20.3. The van der Waals surface area contributed by atoms with Crippen LogP contribution in [0.4, 0.5) is 0 Å². The van der Waals surface area contributed by atoms with Crippen LogP contribution in [0.15, 0.2) is 0 Å². The van der Waals surface area contributed by atoms with Crippen LogP contribution in [0, 0.1) is 0 Å². The summed E-state index contributed by atoms with van der Waals surface area (Å²) in [6.07, 6.45) is -0.434. The predicted octanol–water partition coefficient (Wildman–Crippen LogP) is 0.340. The van der Waals surface area contributed by atoms with E-state index in [0.717, 1.165) is 0 Å². The summed E-state index contributed by atoms with van der Waals surface area (Å²) in [5.74, 6) is -1.12. The summed E-state index contributed by atoms with van der Waals surface area (Å²) in [4.78, 5) is 34.9. The number of esters is 3. The van der Waals surface area contributed by atoms with Crippen LogP contribution >= 0.6 is 0 Å². The van der Waals surface area contributed by atoms with Gasteiger partial charge in [-0.1, -0.05) is 0 Å². The fraction of sp³-hybridized carbons (Fsp3) is 0.786. The van der Waals surface area contributed by atoms with Gasteiger partial charge in [0.05, 0.1) is 6.42 Å². The Morgan fingerprint density at radius 2 is 1.45 bits per heavy atom. The summed E-state index contributed by atoms with van der Waals surface area (Å²) in [7, 11) is 1.45. The summed E-state index contributed by atoms with van der Waals surface area (Å²) in [6, 6.07) is 0. The number of ether oxygens (including phenoxy) is 4. The summed E-state index contributed by atoms with van der Waals surface area (Å²) >= 11 is 0. The van der Waals surface area contributed by atoms with Crippen molar-refractivity contribution in [3.63, 3.8) is 0 Å². The maximum Gasteiger partial charge on any atom is 0.309 e. The Labute approximate surface area is 130 Å². The molecule has 0 saturated carbocycles. The monoisotopic (exact) mass is 319 g/mol. The van der Waals surface area contributed by atoms with Gasteiger partial charge in [0.1, 0.15) is 13.2 Å². The molecule has 0 bridgehead atoms. The van der Waals surface area contributed by atoms with Crippen molar-refractivity contribution in [1.29, 1.82) is 0 Å². The third-order valence-electron chi connectivity index (χ3n) is 2.69. The largest absolute Gasteiger partial charge is 0.465 e. The molecule has 0 radical (unpaired) electrons. The predicted molar refractivity (Wildman–Crippen MR) is 76.9 cm³/mol. The topological polar surface area (TPSA) is 91.4 Å². The SMILES string of the molecule is COC(C)OC(=O)CCN(CCOC(C)=O)CCOC(C)=O. The highest BCUT2D eigenvalue weighted by atomic mass is 16.7. The molecule has 0 fully saturated rings. The fourth-order valence-corrected chi connectivity index (χ4v) is 1.51. The molecule has 22 heavy (non-hydrogen) atoms. The van der Waals surface area contributed by atoms with Crippen LogP contribution in [0.5, 0.6) is 0 Å². The van der Waals surface area contributed by atoms with E-state index in [2.05, 4.69) is 0 Å². The zero-order valence-corrected chi connectivity index (χ0v) is 13.6. The van der Waals surface area contributed by atoms with Crippen molar-refractivity contribution < 1.29 is 33.3 Å². The van der Waals surface area contributed by atoms with Crippen molar-refractivity contribution in [1.82, 2.24) is 4.90 Å². The molecule has 0 rings (SSSR count). The molecule has 0 N–H and O–H groups in total. The van der Waals surface area contributed by atoms with E-state index in [1.807, 2.05) is 4.90 Å². The molecule has 1 atom stereocenters. The number of methoxy groups -OCH3 is 1. The van der Waals surface area contributed by atoms with E-state index in [1.165, 1.54) is 21.0 Å². The molecule has 128 valence electrons. The molecular formula is C14H25NO7. The Bertz CT molecular complexity index is 339. The maximum absolute atomic E-state index is 11.6. The van der Waals surface area contributed by atoms with Gasteiger partial charge in [0.2, 0.25) is 0 Å². The van der Waals surface area contributed by atoms with Crippen LogP contribution in [0.25, 0.3) is 0 Å². The minimum Gasteiger partial charge on any atom is -0.465 e. The molecular weight excluding hydrogens is 294 g/mol. The molecule has 0 heterocycles. The van der Waals surface area contributed by atoms with Crippen molar-refractivity contribution in [2.45, 2.75) is 33.5 Å². The molecule has 8 nitrogen and oxygen atoms in total. The molecule has 0 aliphatic heterocycles. The lowest BCUT2D eigenvalue weighted by Crippen LogP contribution is -2.34. The summed E-state index contributed by atoms with van der Waals surface area (Å²) in [5.41, 5.74) is 0. The van der Waals surface area contributed by atoms with Crippen LogP contribution in [-0.4, -0.2) is 69.1 Å². The number of nitrogens with zero attached hydrogens (tertiary/aromatic N) is 1. The van der Waals surface area contributed by atoms with Gasteiger partial charge in [-0.2, -0.15) is 0 Å². The molecule has 0 aromatic carbocycles. The van der Waals surface area contributed by atoms with Gasteiger partial charge in [0, 0.05) is 40.6 Å². The van der Waals surface area contributed by atoms with Crippen LogP contribution in [0.3, 0.4) is 0 Å². The number of hydrogen-bond donors (Lipinski definition) is 0. The molecule has 0 aromatic heterocycles. The smallest absolute Gasteiger partial charge is 0.309 e. The van der Waals surface area contributed by atoms with Crippen molar-refractivity contribution >= 4 is 17.9 Å². The molecule has 0 aliphatic carbocycles. The van der Waals surface area contributed by atoms with Crippen molar-refractivity contribution in [2.24, 2.45) is 0 Å². The van der Waals surface area contributed by atoms with E-state index in [4.69, 9.17) is 18.9 Å². The Balaban J connectivity index is 4.16.